The molecule has 3 heteroatoms. The summed E-state index contributed by atoms with van der Waals surface area (Å²) in [6, 6.07) is 0. The molecule has 0 heterocycles. The third kappa shape index (κ3) is 3.06. The highest BCUT2D eigenvalue weighted by molar-refractivity contribution is 5.69. The fraction of sp³-hybridized carbons (Fsp3) is 0.960. The Hall–Kier alpha value is -0.570. The van der Waals surface area contributed by atoms with E-state index >= 15 is 0 Å². The number of carbonyl (C=O) groups excluding carboxylic acids is 1. The minimum atomic E-state index is -0.177. The van der Waals surface area contributed by atoms with E-state index in [4.69, 9.17) is 4.74 Å². The summed E-state index contributed by atoms with van der Waals surface area (Å²) in [5, 5.41) is 11.5. The number of rotatable bonds is 4. The number of fused-ring (bicyclic) bond motifs is 5. The lowest BCUT2D eigenvalue weighted by Crippen LogP contribution is -2.58. The van der Waals surface area contributed by atoms with Gasteiger partial charge in [0.15, 0.2) is 0 Å². The van der Waals surface area contributed by atoms with Gasteiger partial charge in [-0.2, -0.15) is 0 Å². The molecule has 0 bridgehead atoms. The van der Waals surface area contributed by atoms with Crippen LogP contribution in [0.5, 0.6) is 0 Å². The Kier molecular flexibility index (Phi) is 5.61. The molecule has 4 saturated carbocycles. The molecule has 4 aliphatic rings. The van der Waals surface area contributed by atoms with E-state index in [2.05, 4.69) is 20.8 Å². The maximum Gasteiger partial charge on any atom is 0.305 e. The Morgan fingerprint density at radius 2 is 1.89 bits per heavy atom. The van der Waals surface area contributed by atoms with E-state index in [0.29, 0.717) is 29.6 Å². The molecule has 1 unspecified atom stereocenters. The van der Waals surface area contributed by atoms with Crippen molar-refractivity contribution in [1.82, 2.24) is 0 Å². The number of ether oxygens (including phenoxy) is 1. The lowest BCUT2D eigenvalue weighted by molar-refractivity contribution is -0.168. The Balaban J connectivity index is 1.54. The first kappa shape index (κ1) is 20.7. The van der Waals surface area contributed by atoms with Gasteiger partial charge in [0.2, 0.25) is 0 Å². The van der Waals surface area contributed by atoms with E-state index < -0.39 is 0 Å². The van der Waals surface area contributed by atoms with E-state index in [-0.39, 0.29) is 17.5 Å². The zero-order valence-corrected chi connectivity index (χ0v) is 18.6. The fourth-order valence-corrected chi connectivity index (χ4v) is 8.87. The quantitative estimate of drug-likeness (QED) is 0.636. The van der Waals surface area contributed by atoms with Crippen molar-refractivity contribution in [2.45, 2.75) is 97.5 Å². The minimum absolute atomic E-state index is 0.0363. The Morgan fingerprint density at radius 1 is 1.11 bits per heavy atom. The van der Waals surface area contributed by atoms with Crippen LogP contribution in [0.15, 0.2) is 0 Å². The molecular formula is C25H42O3. The molecule has 0 aromatic heterocycles. The van der Waals surface area contributed by atoms with Crippen LogP contribution in [0.4, 0.5) is 0 Å². The van der Waals surface area contributed by atoms with Gasteiger partial charge in [-0.05, 0) is 97.7 Å². The molecular weight excluding hydrogens is 348 g/mol. The molecule has 9 atom stereocenters. The first-order valence-corrected chi connectivity index (χ1v) is 12.1. The summed E-state index contributed by atoms with van der Waals surface area (Å²) in [6.07, 6.45) is 13.2. The minimum Gasteiger partial charge on any atom is -0.469 e. The molecule has 4 rings (SSSR count). The number of carbonyl (C=O) groups is 1. The number of methoxy groups -OCH3 is 1. The summed E-state index contributed by atoms with van der Waals surface area (Å²) in [5.74, 6) is 4.02. The molecule has 0 spiro atoms. The van der Waals surface area contributed by atoms with Crippen LogP contribution in [0.1, 0.15) is 91.4 Å². The molecule has 0 saturated heterocycles. The predicted molar refractivity (Wildman–Crippen MR) is 112 cm³/mol. The smallest absolute Gasteiger partial charge is 0.305 e. The summed E-state index contributed by atoms with van der Waals surface area (Å²) in [6.45, 7) is 7.29. The second kappa shape index (κ2) is 7.60. The third-order valence-electron chi connectivity index (χ3n) is 10.5. The van der Waals surface area contributed by atoms with Gasteiger partial charge >= 0.3 is 5.97 Å². The highest BCUT2D eigenvalue weighted by Crippen LogP contribution is 2.68. The zero-order chi connectivity index (χ0) is 20.1. The summed E-state index contributed by atoms with van der Waals surface area (Å²) in [5.41, 5.74) is 0.507. The summed E-state index contributed by atoms with van der Waals surface area (Å²) >= 11 is 0. The van der Waals surface area contributed by atoms with Crippen LogP contribution in [0, 0.1) is 46.3 Å². The van der Waals surface area contributed by atoms with Gasteiger partial charge in [0.05, 0.1) is 13.2 Å². The van der Waals surface area contributed by atoms with Crippen molar-refractivity contribution in [3.8, 4) is 0 Å². The van der Waals surface area contributed by atoms with Gasteiger partial charge in [-0.1, -0.05) is 33.6 Å². The summed E-state index contributed by atoms with van der Waals surface area (Å²) < 4.78 is 4.86. The topological polar surface area (TPSA) is 46.5 Å². The second-order valence-electron chi connectivity index (χ2n) is 11.3. The molecule has 0 amide bonds. The Labute approximate surface area is 172 Å². The first-order chi connectivity index (χ1) is 13.3. The van der Waals surface area contributed by atoms with Gasteiger partial charge in [0, 0.05) is 6.42 Å². The van der Waals surface area contributed by atoms with Crippen molar-refractivity contribution < 1.29 is 14.6 Å². The molecule has 4 aliphatic carbocycles. The number of esters is 1. The van der Waals surface area contributed by atoms with Crippen molar-refractivity contribution in [1.29, 1.82) is 0 Å². The fourth-order valence-electron chi connectivity index (χ4n) is 8.87. The van der Waals surface area contributed by atoms with Gasteiger partial charge in [-0.3, -0.25) is 4.79 Å². The normalized spacial score (nSPS) is 48.9. The highest BCUT2D eigenvalue weighted by Gasteiger charge is 2.63. The van der Waals surface area contributed by atoms with Gasteiger partial charge in [0.1, 0.15) is 0 Å². The molecule has 3 nitrogen and oxygen atoms in total. The van der Waals surface area contributed by atoms with Crippen molar-refractivity contribution in [3.63, 3.8) is 0 Å². The number of aliphatic hydroxyl groups excluding tert-OH is 1. The molecule has 0 aliphatic heterocycles. The zero-order valence-electron chi connectivity index (χ0n) is 18.6. The van der Waals surface area contributed by atoms with Crippen LogP contribution >= 0.6 is 0 Å². The van der Waals surface area contributed by atoms with Crippen LogP contribution in [0.2, 0.25) is 0 Å². The molecule has 0 aromatic carbocycles. The Morgan fingerprint density at radius 3 is 2.64 bits per heavy atom. The van der Waals surface area contributed by atoms with E-state index in [1.165, 1.54) is 58.5 Å². The van der Waals surface area contributed by atoms with Crippen LogP contribution in [0.25, 0.3) is 0 Å². The van der Waals surface area contributed by atoms with Gasteiger partial charge < -0.3 is 9.84 Å². The van der Waals surface area contributed by atoms with Crippen LogP contribution in [-0.4, -0.2) is 24.3 Å². The van der Waals surface area contributed by atoms with Gasteiger partial charge in [0.25, 0.3) is 0 Å². The maximum absolute atomic E-state index is 11.6. The molecule has 160 valence electrons. The molecule has 0 radical (unpaired) electrons. The molecule has 4 fully saturated rings. The van der Waals surface area contributed by atoms with E-state index in [9.17, 15) is 9.90 Å². The average Bonchev–Trinajstić information content (AvgIpc) is 3.05. The van der Waals surface area contributed by atoms with E-state index in [1.807, 2.05) is 0 Å². The predicted octanol–water partition coefficient (Wildman–Crippen LogP) is 5.60. The van der Waals surface area contributed by atoms with Crippen molar-refractivity contribution in [2.75, 3.05) is 7.11 Å². The van der Waals surface area contributed by atoms with E-state index in [0.717, 1.165) is 30.6 Å². The SMILES string of the molecule is COC(=O)CC[C@@H](C)[C@H]1CC[C@H]2[C@@H]3CCC4CCCC[C@]4(C)[C@H]3C[C@H](O)[C@]12C. The average molecular weight is 391 g/mol. The number of aliphatic hydroxyl groups is 1. The number of hydrogen-bond acceptors (Lipinski definition) is 3. The van der Waals surface area contributed by atoms with Crippen LogP contribution < -0.4 is 0 Å². The molecule has 1 N–H and O–H groups in total. The summed E-state index contributed by atoms with van der Waals surface area (Å²) in [4.78, 5) is 11.6. The van der Waals surface area contributed by atoms with Crippen LogP contribution in [0.3, 0.4) is 0 Å². The highest BCUT2D eigenvalue weighted by atomic mass is 16.5. The maximum atomic E-state index is 11.6. The lowest BCUT2D eigenvalue weighted by Gasteiger charge is -2.62. The lowest BCUT2D eigenvalue weighted by atomic mass is 9.44. The molecule has 28 heavy (non-hydrogen) atoms. The second-order valence-corrected chi connectivity index (χ2v) is 11.3. The summed E-state index contributed by atoms with van der Waals surface area (Å²) in [7, 11) is 1.48. The van der Waals surface area contributed by atoms with Crippen molar-refractivity contribution in [2.24, 2.45) is 46.3 Å². The van der Waals surface area contributed by atoms with E-state index in [1.54, 1.807) is 0 Å². The Bertz CT molecular complexity index is 588. The first-order valence-electron chi connectivity index (χ1n) is 12.1. The van der Waals surface area contributed by atoms with Gasteiger partial charge in [-0.15, -0.1) is 0 Å². The van der Waals surface area contributed by atoms with Gasteiger partial charge in [-0.25, -0.2) is 0 Å². The monoisotopic (exact) mass is 390 g/mol. The largest absolute Gasteiger partial charge is 0.469 e. The van der Waals surface area contributed by atoms with Crippen molar-refractivity contribution >= 4 is 5.97 Å². The standard InChI is InChI=1S/C25H42O3/c1-16(8-13-23(27)28-4)19-11-12-20-18-10-9-17-7-5-6-14-24(17,2)21(18)15-22(26)25(19,20)3/h16-22,26H,5-15H2,1-4H3/t16-,17?,18+,19-,20+,21+,22+,24+,25-/m1/s1. The molecule has 0 aromatic rings. The number of hydrogen-bond donors (Lipinski definition) is 1. The third-order valence-corrected chi connectivity index (χ3v) is 10.5. The van der Waals surface area contributed by atoms with Crippen LogP contribution in [-0.2, 0) is 9.53 Å². The van der Waals surface area contributed by atoms with Crippen molar-refractivity contribution in [3.05, 3.63) is 0 Å².